The van der Waals surface area contributed by atoms with E-state index in [1.165, 1.54) is 26.1 Å². The summed E-state index contributed by atoms with van der Waals surface area (Å²) < 4.78 is 5.89. The minimum absolute atomic E-state index is 0.0250. The molecule has 20 nitrogen and oxygen atoms in total. The number of aliphatic hydroxyl groups excluding tert-OH is 1. The Bertz CT molecular complexity index is 1890. The monoisotopic (exact) mass is 915 g/mol. The largest absolute Gasteiger partial charge is 0.508 e. The fraction of sp³-hybridized carbons (Fsp3) is 0.667. The van der Waals surface area contributed by atoms with Crippen LogP contribution in [0.3, 0.4) is 0 Å². The molecule has 2 bridgehead atoms. The highest BCUT2D eigenvalue weighted by Gasteiger charge is 2.47. The lowest BCUT2D eigenvalue weighted by molar-refractivity contribution is -0.167. The van der Waals surface area contributed by atoms with Crippen molar-refractivity contribution in [1.82, 2.24) is 36.4 Å². The highest BCUT2D eigenvalue weighted by molar-refractivity contribution is 5.98. The molecular formula is C45H70N8O12. The number of piperidine rings is 1. The predicted molar refractivity (Wildman–Crippen MR) is 236 cm³/mol. The van der Waals surface area contributed by atoms with E-state index in [1.807, 2.05) is 0 Å². The summed E-state index contributed by atoms with van der Waals surface area (Å²) >= 11 is 0. The number of hydrogen-bond acceptors (Lipinski definition) is 12. The van der Waals surface area contributed by atoms with Gasteiger partial charge in [-0.15, -0.1) is 0 Å². The van der Waals surface area contributed by atoms with Gasteiger partial charge in [-0.3, -0.25) is 38.4 Å². The lowest BCUT2D eigenvalue weighted by atomic mass is 9.93. The van der Waals surface area contributed by atoms with E-state index in [0.717, 1.165) is 9.80 Å². The third-order valence-electron chi connectivity index (χ3n) is 11.9. The molecule has 2 aliphatic heterocycles. The number of fused-ring (bicyclic) bond motifs is 2. The average Bonchev–Trinajstić information content (AvgIpc) is 3.23. The first-order chi connectivity index (χ1) is 30.4. The topological polar surface area (TPSA) is 296 Å². The maximum absolute atomic E-state index is 14.7. The molecule has 1 aromatic carbocycles. The second-order valence-electron chi connectivity index (χ2n) is 18.3. The number of aromatic hydroxyl groups is 1. The zero-order chi connectivity index (χ0) is 49.0. The van der Waals surface area contributed by atoms with Crippen LogP contribution in [0.4, 0.5) is 0 Å². The lowest BCUT2D eigenvalue weighted by Gasteiger charge is -2.44. The van der Waals surface area contributed by atoms with Gasteiger partial charge in [0.05, 0.1) is 0 Å². The number of benzene rings is 1. The van der Waals surface area contributed by atoms with Crippen LogP contribution in [0.5, 0.6) is 5.75 Å². The number of hydrogen-bond donors (Lipinski definition) is 8. The van der Waals surface area contributed by atoms with E-state index in [9.17, 15) is 53.4 Å². The molecule has 1 aromatic rings. The molecular weight excluding hydrogens is 845 g/mol. The van der Waals surface area contributed by atoms with Crippen LogP contribution in [0.2, 0.25) is 0 Å². The Labute approximate surface area is 380 Å². The number of cyclic esters (lactones) is 1. The van der Waals surface area contributed by atoms with Gasteiger partial charge in [0, 0.05) is 25.8 Å². The van der Waals surface area contributed by atoms with Gasteiger partial charge < -0.3 is 57.1 Å². The molecule has 0 aliphatic carbocycles. The van der Waals surface area contributed by atoms with Crippen LogP contribution in [0, 0.1) is 23.7 Å². The normalized spacial score (nSPS) is 26.2. The van der Waals surface area contributed by atoms with Crippen LogP contribution < -0.4 is 32.3 Å². The van der Waals surface area contributed by atoms with Gasteiger partial charge in [0.1, 0.15) is 60.4 Å². The van der Waals surface area contributed by atoms with Gasteiger partial charge in [-0.25, -0.2) is 4.79 Å². The van der Waals surface area contributed by atoms with Gasteiger partial charge in [-0.2, -0.15) is 0 Å². The predicted octanol–water partition coefficient (Wildman–Crippen LogP) is 0.110. The molecule has 9 N–H and O–H groups in total. The number of esters is 1. The van der Waals surface area contributed by atoms with Crippen LogP contribution in [-0.4, -0.2) is 135 Å². The molecule has 0 spiro atoms. The number of carbonyl (C=O) groups excluding carboxylic acids is 9. The molecule has 2 heterocycles. The smallest absolute Gasteiger partial charge is 0.329 e. The van der Waals surface area contributed by atoms with Crippen LogP contribution >= 0.6 is 0 Å². The Balaban J connectivity index is 2.25. The van der Waals surface area contributed by atoms with Gasteiger partial charge in [0.2, 0.25) is 47.3 Å². The molecule has 0 saturated carbocycles. The number of nitrogens with one attached hydrogen (secondary N) is 5. The standard InChI is InChI=1S/C45H70N8O12/c1-11-25(8)35-45(64)65-26(9)36(51-39(58)29(16-18-33(46)55)47-38(57)24(6)7)42(61)49-31(20-22(2)3)40(59)48-30-17-19-34(56)53(43(30)62)37(23(4)5)44(63)52(10)32(41(60)50-35)21-27-12-14-28(54)15-13-27/h12-15,22-26,29-32,34-37,54,56H,11,16-21H2,1-10H3,(H2,46,55)(H,47,57)(H,48,59)(H,49,61)(H,50,60)(H,51,58)/t25?,26-,29+,30?,31+,32+,34+,35+,36-,37+/m1/s1. The molecule has 2 fully saturated rings. The summed E-state index contributed by atoms with van der Waals surface area (Å²) in [7, 11) is 1.37. The zero-order valence-electron chi connectivity index (χ0n) is 39.2. The van der Waals surface area contributed by atoms with E-state index in [4.69, 9.17) is 10.5 Å². The fourth-order valence-electron chi connectivity index (χ4n) is 7.73. The Morgan fingerprint density at radius 3 is 2.06 bits per heavy atom. The Morgan fingerprint density at radius 1 is 0.877 bits per heavy atom. The number of phenolic OH excluding ortho intramolecular Hbond substituents is 1. The molecule has 2 saturated heterocycles. The van der Waals surface area contributed by atoms with E-state index in [1.54, 1.807) is 67.5 Å². The highest BCUT2D eigenvalue weighted by atomic mass is 16.5. The average molecular weight is 915 g/mol. The van der Waals surface area contributed by atoms with Gasteiger partial charge >= 0.3 is 5.97 Å². The number of aliphatic hydroxyl groups is 1. The minimum atomic E-state index is -1.74. The molecule has 20 heteroatoms. The quantitative estimate of drug-likeness (QED) is 0.116. The van der Waals surface area contributed by atoms with Crippen molar-refractivity contribution in [3.05, 3.63) is 29.8 Å². The summed E-state index contributed by atoms with van der Waals surface area (Å²) in [5, 5.41) is 34.5. The first-order valence-corrected chi connectivity index (χ1v) is 22.4. The summed E-state index contributed by atoms with van der Waals surface area (Å²) in [6.45, 7) is 14.8. The number of phenols is 1. The number of nitrogens with two attached hydrogens (primary N) is 1. The van der Waals surface area contributed by atoms with Crippen molar-refractivity contribution < 1.29 is 58.1 Å². The summed E-state index contributed by atoms with van der Waals surface area (Å²) in [6.07, 6.45) is -3.33. The van der Waals surface area contributed by atoms with Crippen LogP contribution in [0.25, 0.3) is 0 Å². The molecule has 0 aromatic heterocycles. The number of nitrogens with zero attached hydrogens (tertiary/aromatic N) is 2. The van der Waals surface area contributed by atoms with Crippen molar-refractivity contribution in [3.63, 3.8) is 0 Å². The number of carbonyl (C=O) groups is 9. The maximum Gasteiger partial charge on any atom is 0.329 e. The molecule has 10 atom stereocenters. The van der Waals surface area contributed by atoms with E-state index in [2.05, 4.69) is 26.6 Å². The molecule has 2 aliphatic rings. The minimum Gasteiger partial charge on any atom is -0.508 e. The second-order valence-corrected chi connectivity index (χ2v) is 18.3. The zero-order valence-corrected chi connectivity index (χ0v) is 39.2. The summed E-state index contributed by atoms with van der Waals surface area (Å²) in [5.41, 5.74) is 5.89. The van der Waals surface area contributed by atoms with E-state index >= 15 is 0 Å². The molecule has 0 radical (unpaired) electrons. The fourth-order valence-corrected chi connectivity index (χ4v) is 7.73. The van der Waals surface area contributed by atoms with Crippen molar-refractivity contribution in [1.29, 1.82) is 0 Å². The summed E-state index contributed by atoms with van der Waals surface area (Å²) in [6, 6.07) is -3.82. The van der Waals surface area contributed by atoms with Gasteiger partial charge in [0.15, 0.2) is 0 Å². The van der Waals surface area contributed by atoms with Crippen molar-refractivity contribution in [2.45, 2.75) is 162 Å². The van der Waals surface area contributed by atoms with Crippen molar-refractivity contribution in [3.8, 4) is 5.75 Å². The Hall–Kier alpha value is -5.79. The maximum atomic E-state index is 14.7. The number of amides is 8. The van der Waals surface area contributed by atoms with Crippen molar-refractivity contribution in [2.24, 2.45) is 29.4 Å². The first kappa shape index (κ1) is 53.5. The Morgan fingerprint density at radius 2 is 1.51 bits per heavy atom. The number of ether oxygens (including phenoxy) is 1. The van der Waals surface area contributed by atoms with Crippen LogP contribution in [-0.2, 0) is 54.3 Å². The van der Waals surface area contributed by atoms with Gasteiger partial charge in [-0.1, -0.05) is 73.9 Å². The van der Waals surface area contributed by atoms with E-state index in [0.29, 0.717) is 12.0 Å². The molecule has 3 rings (SSSR count). The number of rotatable bonds is 14. The summed E-state index contributed by atoms with van der Waals surface area (Å²) in [5.74, 6) is -9.36. The third kappa shape index (κ3) is 14.6. The van der Waals surface area contributed by atoms with E-state index < -0.39 is 126 Å². The van der Waals surface area contributed by atoms with Gasteiger partial charge in [0.25, 0.3) is 0 Å². The molecule has 362 valence electrons. The van der Waals surface area contributed by atoms with Crippen LogP contribution in [0.1, 0.15) is 106 Å². The van der Waals surface area contributed by atoms with Gasteiger partial charge in [-0.05, 0) is 68.1 Å². The Kier molecular flexibility index (Phi) is 19.7. The lowest BCUT2D eigenvalue weighted by Crippen LogP contribution is -2.66. The van der Waals surface area contributed by atoms with Crippen molar-refractivity contribution in [2.75, 3.05) is 7.05 Å². The molecule has 2 unspecified atom stereocenters. The number of likely N-dealkylation sites (N-methyl/N-ethyl adjacent to an activating group) is 1. The van der Waals surface area contributed by atoms with Crippen LogP contribution in [0.15, 0.2) is 24.3 Å². The number of primary amides is 1. The summed E-state index contributed by atoms with van der Waals surface area (Å²) in [4.78, 5) is 127. The highest BCUT2D eigenvalue weighted by Crippen LogP contribution is 2.27. The second kappa shape index (κ2) is 23.9. The molecule has 65 heavy (non-hydrogen) atoms. The third-order valence-corrected chi connectivity index (χ3v) is 11.9. The first-order valence-electron chi connectivity index (χ1n) is 22.4. The SMILES string of the molecule is CCC(C)[C@@H]1NC(=O)[C@H](Cc2ccc(O)cc2)N(C)C(=O)[C@H](C(C)C)N2C(=O)C(CC[C@@H]2O)NC(=O)[C@H](CC(C)C)NC(=O)[C@H](NC(=O)[C@H](CCC(N)=O)NC(=O)C(C)C)[C@@H](C)OC1=O. The van der Waals surface area contributed by atoms with E-state index in [-0.39, 0.29) is 50.2 Å². The van der Waals surface area contributed by atoms with Crippen molar-refractivity contribution >= 4 is 53.2 Å². The molecule has 8 amide bonds.